The predicted octanol–water partition coefficient (Wildman–Crippen LogP) is 2.43. The first-order valence-corrected chi connectivity index (χ1v) is 8.01. The quantitative estimate of drug-likeness (QED) is 0.908. The smallest absolute Gasteiger partial charge is 0.244 e. The van der Waals surface area contributed by atoms with E-state index in [-0.39, 0.29) is 28.4 Å². The monoisotopic (exact) mass is 304 g/mol. The minimum absolute atomic E-state index is 0.142. The number of benzene rings is 1. The maximum absolute atomic E-state index is 12.5. The average molecular weight is 305 g/mol. The van der Waals surface area contributed by atoms with Crippen LogP contribution in [0, 0.1) is 0 Å². The summed E-state index contributed by atoms with van der Waals surface area (Å²) in [4.78, 5) is 0.142. The summed E-state index contributed by atoms with van der Waals surface area (Å²) in [6.45, 7) is 6.03. The first kappa shape index (κ1) is 16.4. The molecule has 1 atom stereocenters. The number of sulfonamides is 1. The highest BCUT2D eigenvalue weighted by atomic mass is 35.5. The summed E-state index contributed by atoms with van der Waals surface area (Å²) in [6.07, 6.45) is 0. The van der Waals surface area contributed by atoms with Gasteiger partial charge in [-0.15, -0.1) is 0 Å². The molecule has 1 rings (SSSR count). The first-order chi connectivity index (χ1) is 8.71. The Hall–Kier alpha value is -0.620. The van der Waals surface area contributed by atoms with Crippen LogP contribution in [0.2, 0.25) is 5.02 Å². The van der Waals surface area contributed by atoms with Gasteiger partial charge in [-0.2, -0.15) is 4.31 Å². The zero-order valence-electron chi connectivity index (χ0n) is 11.7. The topological polar surface area (TPSA) is 63.4 Å². The van der Waals surface area contributed by atoms with Gasteiger partial charge in [0.2, 0.25) is 10.0 Å². The molecule has 4 nitrogen and oxygen atoms in total. The van der Waals surface area contributed by atoms with Crippen LogP contribution < -0.4 is 5.73 Å². The van der Waals surface area contributed by atoms with Crippen LogP contribution in [0.5, 0.6) is 0 Å². The summed E-state index contributed by atoms with van der Waals surface area (Å²) in [7, 11) is -2.10. The second-order valence-corrected chi connectivity index (χ2v) is 7.32. The summed E-state index contributed by atoms with van der Waals surface area (Å²) in [5, 5.41) is 0.237. The molecule has 1 unspecified atom stereocenters. The number of hydrogen-bond donors (Lipinski definition) is 1. The first-order valence-electron chi connectivity index (χ1n) is 6.19. The normalized spacial score (nSPS) is 14.1. The molecule has 0 fully saturated rings. The van der Waals surface area contributed by atoms with Crippen molar-refractivity contribution in [3.05, 3.63) is 28.8 Å². The Kier molecular flexibility index (Phi) is 5.38. The highest BCUT2D eigenvalue weighted by Gasteiger charge is 2.27. The second kappa shape index (κ2) is 6.22. The van der Waals surface area contributed by atoms with Gasteiger partial charge in [-0.3, -0.25) is 0 Å². The van der Waals surface area contributed by atoms with E-state index in [9.17, 15) is 8.42 Å². The van der Waals surface area contributed by atoms with Gasteiger partial charge in [0.05, 0.1) is 5.02 Å². The molecule has 1 aromatic carbocycles. The molecule has 0 saturated carbocycles. The van der Waals surface area contributed by atoms with Crippen LogP contribution in [0.3, 0.4) is 0 Å². The third kappa shape index (κ3) is 3.48. The van der Waals surface area contributed by atoms with E-state index in [1.54, 1.807) is 19.1 Å². The van der Waals surface area contributed by atoms with Gasteiger partial charge in [-0.05, 0) is 30.5 Å². The van der Waals surface area contributed by atoms with Crippen LogP contribution in [-0.2, 0) is 10.0 Å². The summed E-state index contributed by atoms with van der Waals surface area (Å²) < 4.78 is 26.3. The molecule has 0 aliphatic heterocycles. The Bertz CT molecular complexity index is 544. The van der Waals surface area contributed by atoms with Crippen LogP contribution >= 0.6 is 11.6 Å². The lowest BCUT2D eigenvalue weighted by Gasteiger charge is -2.24. The van der Waals surface area contributed by atoms with Crippen molar-refractivity contribution in [1.29, 1.82) is 0 Å². The number of halogens is 1. The molecule has 0 saturated heterocycles. The Labute approximate surface area is 120 Å². The van der Waals surface area contributed by atoms with E-state index in [4.69, 9.17) is 17.3 Å². The fourth-order valence-electron chi connectivity index (χ4n) is 1.62. The van der Waals surface area contributed by atoms with Gasteiger partial charge in [0.15, 0.2) is 0 Å². The number of nitrogens with two attached hydrogens (primary N) is 1. The van der Waals surface area contributed by atoms with E-state index in [0.29, 0.717) is 0 Å². The molecule has 0 spiro atoms. The zero-order chi connectivity index (χ0) is 14.8. The van der Waals surface area contributed by atoms with Crippen LogP contribution in [-0.4, -0.2) is 32.4 Å². The molecular formula is C13H21ClN2O2S. The summed E-state index contributed by atoms with van der Waals surface area (Å²) in [6, 6.07) is 4.84. The van der Waals surface area contributed by atoms with Crippen LogP contribution in [0.25, 0.3) is 0 Å². The van der Waals surface area contributed by atoms with Gasteiger partial charge >= 0.3 is 0 Å². The molecule has 0 aromatic heterocycles. The highest BCUT2D eigenvalue weighted by molar-refractivity contribution is 7.89. The van der Waals surface area contributed by atoms with E-state index in [1.807, 2.05) is 19.9 Å². The Morgan fingerprint density at radius 3 is 2.37 bits per heavy atom. The van der Waals surface area contributed by atoms with Gasteiger partial charge < -0.3 is 5.73 Å². The van der Waals surface area contributed by atoms with Crippen molar-refractivity contribution in [2.24, 2.45) is 5.73 Å². The lowest BCUT2D eigenvalue weighted by atomic mass is 10.0. The molecule has 0 radical (unpaired) electrons. The van der Waals surface area contributed by atoms with Crippen molar-refractivity contribution >= 4 is 21.6 Å². The van der Waals surface area contributed by atoms with Crippen LogP contribution in [0.1, 0.15) is 32.3 Å². The lowest BCUT2D eigenvalue weighted by molar-refractivity contribution is 0.394. The van der Waals surface area contributed by atoms with Gasteiger partial charge in [0.25, 0.3) is 0 Å². The number of nitrogens with zero attached hydrogens (tertiary/aromatic N) is 1. The SMILES string of the molecule is CC(C)c1ccc(Cl)c(S(=O)(=O)N(C)C(C)CN)c1. The maximum Gasteiger partial charge on any atom is 0.244 e. The van der Waals surface area contributed by atoms with E-state index in [0.717, 1.165) is 5.56 Å². The van der Waals surface area contributed by atoms with Gasteiger partial charge in [-0.1, -0.05) is 31.5 Å². The predicted molar refractivity (Wildman–Crippen MR) is 79.0 cm³/mol. The zero-order valence-corrected chi connectivity index (χ0v) is 13.3. The molecule has 1 aromatic rings. The molecule has 0 amide bonds. The second-order valence-electron chi connectivity index (χ2n) is 4.95. The van der Waals surface area contributed by atoms with E-state index in [1.165, 1.54) is 11.4 Å². The van der Waals surface area contributed by atoms with Crippen LogP contribution in [0.4, 0.5) is 0 Å². The molecule has 19 heavy (non-hydrogen) atoms. The Morgan fingerprint density at radius 1 is 1.32 bits per heavy atom. The fraction of sp³-hybridized carbons (Fsp3) is 0.538. The van der Waals surface area contributed by atoms with E-state index < -0.39 is 10.0 Å². The summed E-state index contributed by atoms with van der Waals surface area (Å²) in [5.74, 6) is 0.239. The van der Waals surface area contributed by atoms with Gasteiger partial charge in [-0.25, -0.2) is 8.42 Å². The molecule has 0 heterocycles. The fourth-order valence-corrected chi connectivity index (χ4v) is 3.50. The molecule has 6 heteroatoms. The summed E-state index contributed by atoms with van der Waals surface area (Å²) in [5.41, 5.74) is 6.47. The molecule has 108 valence electrons. The highest BCUT2D eigenvalue weighted by Crippen LogP contribution is 2.28. The minimum Gasteiger partial charge on any atom is -0.329 e. The summed E-state index contributed by atoms with van der Waals surface area (Å²) >= 11 is 6.04. The van der Waals surface area contributed by atoms with Crippen molar-refractivity contribution < 1.29 is 8.42 Å². The van der Waals surface area contributed by atoms with Crippen molar-refractivity contribution in [2.45, 2.75) is 37.6 Å². The molecule has 2 N–H and O–H groups in total. The Balaban J connectivity index is 3.32. The van der Waals surface area contributed by atoms with Crippen molar-refractivity contribution in [3.63, 3.8) is 0 Å². The molecule has 0 aliphatic rings. The van der Waals surface area contributed by atoms with Crippen molar-refractivity contribution in [1.82, 2.24) is 4.31 Å². The lowest BCUT2D eigenvalue weighted by Crippen LogP contribution is -2.39. The molecule has 0 aliphatic carbocycles. The average Bonchev–Trinajstić information content (AvgIpc) is 2.36. The van der Waals surface area contributed by atoms with Crippen molar-refractivity contribution in [2.75, 3.05) is 13.6 Å². The van der Waals surface area contributed by atoms with E-state index >= 15 is 0 Å². The number of likely N-dealkylation sites (N-methyl/N-ethyl adjacent to an activating group) is 1. The minimum atomic E-state index is -3.62. The van der Waals surface area contributed by atoms with Crippen molar-refractivity contribution in [3.8, 4) is 0 Å². The van der Waals surface area contributed by atoms with Gasteiger partial charge in [0, 0.05) is 19.6 Å². The maximum atomic E-state index is 12.5. The third-order valence-corrected chi connectivity index (χ3v) is 5.69. The number of rotatable bonds is 5. The molecular weight excluding hydrogens is 284 g/mol. The van der Waals surface area contributed by atoms with Gasteiger partial charge in [0.1, 0.15) is 4.90 Å². The standard InChI is InChI=1S/C13H21ClN2O2S/c1-9(2)11-5-6-12(14)13(7-11)19(17,18)16(4)10(3)8-15/h5-7,9-10H,8,15H2,1-4H3. The van der Waals surface area contributed by atoms with Crippen LogP contribution in [0.15, 0.2) is 23.1 Å². The third-order valence-electron chi connectivity index (χ3n) is 3.24. The van der Waals surface area contributed by atoms with E-state index in [2.05, 4.69) is 0 Å². The largest absolute Gasteiger partial charge is 0.329 e. The Morgan fingerprint density at radius 2 is 1.89 bits per heavy atom. The number of hydrogen-bond acceptors (Lipinski definition) is 3. The molecule has 0 bridgehead atoms.